The Morgan fingerprint density at radius 2 is 1.88 bits per heavy atom. The van der Waals surface area contributed by atoms with E-state index in [-0.39, 0.29) is 10.5 Å². The molecule has 0 amide bonds. The second-order valence-corrected chi connectivity index (χ2v) is 6.38. The number of hydrogen-bond donors (Lipinski definition) is 1. The van der Waals surface area contributed by atoms with Gasteiger partial charge in [-0.2, -0.15) is 0 Å². The van der Waals surface area contributed by atoms with E-state index in [9.17, 15) is 13.2 Å². The highest BCUT2D eigenvalue weighted by Crippen LogP contribution is 2.19. The fraction of sp³-hybridized carbons (Fsp3) is 0.364. The first-order chi connectivity index (χ1) is 7.26. The molecule has 0 heterocycles. The van der Waals surface area contributed by atoms with Gasteiger partial charge in [-0.15, -0.1) is 0 Å². The van der Waals surface area contributed by atoms with Crippen LogP contribution in [0.5, 0.6) is 0 Å². The smallest absolute Gasteiger partial charge is 0.335 e. The zero-order chi connectivity index (χ0) is 12.5. The SMILES string of the molecule is Cc1ccc(S(=O)(=O)C(C)C)cc1C(=O)O. The van der Waals surface area contributed by atoms with Crippen LogP contribution in [0.15, 0.2) is 23.1 Å². The molecule has 0 aliphatic carbocycles. The van der Waals surface area contributed by atoms with E-state index < -0.39 is 21.1 Å². The molecule has 1 rings (SSSR count). The van der Waals surface area contributed by atoms with Crippen molar-refractivity contribution in [3.05, 3.63) is 29.3 Å². The highest BCUT2D eigenvalue weighted by molar-refractivity contribution is 7.92. The van der Waals surface area contributed by atoms with Crippen LogP contribution in [-0.2, 0) is 9.84 Å². The Hall–Kier alpha value is -1.36. The van der Waals surface area contributed by atoms with E-state index in [2.05, 4.69) is 0 Å². The Morgan fingerprint density at radius 1 is 1.31 bits per heavy atom. The normalized spacial score (nSPS) is 11.8. The average molecular weight is 242 g/mol. The van der Waals surface area contributed by atoms with Crippen LogP contribution in [0.25, 0.3) is 0 Å². The maximum atomic E-state index is 11.8. The van der Waals surface area contributed by atoms with E-state index in [0.717, 1.165) is 0 Å². The van der Waals surface area contributed by atoms with Gasteiger partial charge in [-0.25, -0.2) is 13.2 Å². The van der Waals surface area contributed by atoms with Crippen LogP contribution in [0.1, 0.15) is 29.8 Å². The van der Waals surface area contributed by atoms with Crippen molar-refractivity contribution in [2.75, 3.05) is 0 Å². The minimum Gasteiger partial charge on any atom is -0.478 e. The third-order valence-electron chi connectivity index (χ3n) is 2.39. The van der Waals surface area contributed by atoms with E-state index >= 15 is 0 Å². The molecule has 0 spiro atoms. The molecule has 0 aliphatic heterocycles. The quantitative estimate of drug-likeness (QED) is 0.878. The highest BCUT2D eigenvalue weighted by atomic mass is 32.2. The number of sulfone groups is 1. The Balaban J connectivity index is 3.40. The number of aryl methyl sites for hydroxylation is 1. The molecule has 0 unspecified atom stereocenters. The summed E-state index contributed by atoms with van der Waals surface area (Å²) in [6, 6.07) is 4.17. The first kappa shape index (κ1) is 12.7. The number of carbonyl (C=O) groups is 1. The van der Waals surface area contributed by atoms with Crippen LogP contribution in [0.3, 0.4) is 0 Å². The molecule has 1 aromatic rings. The maximum absolute atomic E-state index is 11.8. The van der Waals surface area contributed by atoms with Crippen LogP contribution in [-0.4, -0.2) is 24.7 Å². The highest BCUT2D eigenvalue weighted by Gasteiger charge is 2.21. The van der Waals surface area contributed by atoms with E-state index in [1.807, 2.05) is 0 Å². The number of benzene rings is 1. The molecule has 1 aromatic carbocycles. The predicted molar refractivity (Wildman–Crippen MR) is 60.5 cm³/mol. The molecule has 0 fully saturated rings. The summed E-state index contributed by atoms with van der Waals surface area (Å²) in [6.07, 6.45) is 0. The monoisotopic (exact) mass is 242 g/mol. The van der Waals surface area contributed by atoms with E-state index in [1.54, 1.807) is 20.8 Å². The summed E-state index contributed by atoms with van der Waals surface area (Å²) in [7, 11) is -3.41. The summed E-state index contributed by atoms with van der Waals surface area (Å²) in [5.74, 6) is -1.11. The molecular formula is C11H14O4S. The Morgan fingerprint density at radius 3 is 2.31 bits per heavy atom. The molecule has 5 heteroatoms. The first-order valence-corrected chi connectivity index (χ1v) is 6.39. The van der Waals surface area contributed by atoms with Gasteiger partial charge in [0.2, 0.25) is 0 Å². The number of carboxylic acid groups (broad SMARTS) is 1. The van der Waals surface area contributed by atoms with Gasteiger partial charge in [0.05, 0.1) is 15.7 Å². The number of carboxylic acids is 1. The lowest BCUT2D eigenvalue weighted by atomic mass is 10.1. The zero-order valence-electron chi connectivity index (χ0n) is 9.39. The number of rotatable bonds is 3. The minimum atomic E-state index is -3.41. The van der Waals surface area contributed by atoms with Gasteiger partial charge in [-0.3, -0.25) is 0 Å². The summed E-state index contributed by atoms with van der Waals surface area (Å²) in [5, 5.41) is 8.34. The molecule has 0 saturated carbocycles. The summed E-state index contributed by atoms with van der Waals surface area (Å²) in [6.45, 7) is 4.76. The lowest BCUT2D eigenvalue weighted by Crippen LogP contribution is -2.15. The first-order valence-electron chi connectivity index (χ1n) is 4.84. The van der Waals surface area contributed by atoms with Crippen molar-refractivity contribution in [1.82, 2.24) is 0 Å². The second kappa shape index (κ2) is 4.25. The molecule has 0 bridgehead atoms. The average Bonchev–Trinajstić information content (AvgIpc) is 2.17. The summed E-state index contributed by atoms with van der Waals surface area (Å²) >= 11 is 0. The Kier molecular flexibility index (Phi) is 3.38. The molecule has 4 nitrogen and oxygen atoms in total. The van der Waals surface area contributed by atoms with Gasteiger partial charge in [0.15, 0.2) is 9.84 Å². The molecule has 0 aliphatic rings. The van der Waals surface area contributed by atoms with Gasteiger partial charge < -0.3 is 5.11 Å². The van der Waals surface area contributed by atoms with Crippen LogP contribution in [0, 0.1) is 6.92 Å². The van der Waals surface area contributed by atoms with Gasteiger partial charge in [0.1, 0.15) is 0 Å². The Labute approximate surface area is 94.8 Å². The van der Waals surface area contributed by atoms with Crippen LogP contribution in [0.4, 0.5) is 0 Å². The van der Waals surface area contributed by atoms with Crippen molar-refractivity contribution in [1.29, 1.82) is 0 Å². The molecule has 1 N–H and O–H groups in total. The van der Waals surface area contributed by atoms with Crippen LogP contribution < -0.4 is 0 Å². The van der Waals surface area contributed by atoms with E-state index in [0.29, 0.717) is 5.56 Å². The zero-order valence-corrected chi connectivity index (χ0v) is 10.2. The van der Waals surface area contributed by atoms with Crippen LogP contribution >= 0.6 is 0 Å². The van der Waals surface area contributed by atoms with Crippen molar-refractivity contribution in [2.45, 2.75) is 30.9 Å². The van der Waals surface area contributed by atoms with Gasteiger partial charge in [-0.05, 0) is 38.5 Å². The van der Waals surface area contributed by atoms with Crippen LogP contribution in [0.2, 0.25) is 0 Å². The second-order valence-electron chi connectivity index (χ2n) is 3.88. The molecule has 16 heavy (non-hydrogen) atoms. The third-order valence-corrected chi connectivity index (χ3v) is 4.54. The molecule has 0 radical (unpaired) electrons. The standard InChI is InChI=1S/C11H14O4S/c1-7(2)16(14,15)9-5-4-8(3)10(6-9)11(12)13/h4-7H,1-3H3,(H,12,13). The van der Waals surface area contributed by atoms with E-state index in [4.69, 9.17) is 5.11 Å². The molecule has 0 saturated heterocycles. The Bertz CT molecular complexity index is 515. The van der Waals surface area contributed by atoms with Crippen molar-refractivity contribution >= 4 is 15.8 Å². The lowest BCUT2D eigenvalue weighted by Gasteiger charge is -2.09. The molecule has 0 atom stereocenters. The fourth-order valence-corrected chi connectivity index (χ4v) is 2.36. The number of hydrogen-bond acceptors (Lipinski definition) is 3. The summed E-state index contributed by atoms with van der Waals surface area (Å²) < 4.78 is 23.7. The van der Waals surface area contributed by atoms with E-state index in [1.165, 1.54) is 18.2 Å². The van der Waals surface area contributed by atoms with Gasteiger partial charge >= 0.3 is 5.97 Å². The van der Waals surface area contributed by atoms with Crippen molar-refractivity contribution in [3.63, 3.8) is 0 Å². The molecular weight excluding hydrogens is 228 g/mol. The third kappa shape index (κ3) is 2.24. The maximum Gasteiger partial charge on any atom is 0.335 e. The number of aromatic carboxylic acids is 1. The fourth-order valence-electron chi connectivity index (χ4n) is 1.28. The van der Waals surface area contributed by atoms with Crippen molar-refractivity contribution in [3.8, 4) is 0 Å². The lowest BCUT2D eigenvalue weighted by molar-refractivity contribution is 0.0696. The molecule has 0 aromatic heterocycles. The van der Waals surface area contributed by atoms with Gasteiger partial charge in [0.25, 0.3) is 0 Å². The largest absolute Gasteiger partial charge is 0.478 e. The van der Waals surface area contributed by atoms with Crippen molar-refractivity contribution in [2.24, 2.45) is 0 Å². The molecule has 88 valence electrons. The topological polar surface area (TPSA) is 71.4 Å². The van der Waals surface area contributed by atoms with Gasteiger partial charge in [0, 0.05) is 0 Å². The van der Waals surface area contributed by atoms with Crippen molar-refractivity contribution < 1.29 is 18.3 Å². The van der Waals surface area contributed by atoms with Gasteiger partial charge in [-0.1, -0.05) is 6.07 Å². The summed E-state index contributed by atoms with van der Waals surface area (Å²) in [5.41, 5.74) is 0.580. The minimum absolute atomic E-state index is 0.0294. The summed E-state index contributed by atoms with van der Waals surface area (Å²) in [4.78, 5) is 10.9. The predicted octanol–water partition coefficient (Wildman–Crippen LogP) is 1.88.